The Morgan fingerprint density at radius 3 is 1.82 bits per heavy atom. The van der Waals surface area contributed by atoms with Crippen molar-refractivity contribution >= 4 is 11.3 Å². The number of hydrogen-bond acceptors (Lipinski definition) is 4. The van der Waals surface area contributed by atoms with Gasteiger partial charge in [0.2, 0.25) is 21.1 Å². The highest BCUT2D eigenvalue weighted by Gasteiger charge is 2.25. The predicted octanol–water partition coefficient (Wildman–Crippen LogP) is 0.546. The quantitative estimate of drug-likeness (QED) is 0.707. The van der Waals surface area contributed by atoms with E-state index in [9.17, 15) is 0 Å². The van der Waals surface area contributed by atoms with Gasteiger partial charge in [0.05, 0.1) is 0 Å². The van der Waals surface area contributed by atoms with Crippen LogP contribution in [0.25, 0.3) is 11.1 Å². The van der Waals surface area contributed by atoms with Gasteiger partial charge >= 0.3 is 0 Å². The Kier molecular flexibility index (Phi) is 6.43. The summed E-state index contributed by atoms with van der Waals surface area (Å²) in [7, 11) is -4.94. The van der Waals surface area contributed by atoms with Gasteiger partial charge in [-0.3, -0.25) is 0 Å². The van der Waals surface area contributed by atoms with Crippen LogP contribution in [-0.4, -0.2) is 0 Å². The summed E-state index contributed by atoms with van der Waals surface area (Å²) in [4.78, 5) is 2.81. The van der Waals surface area contributed by atoms with Crippen LogP contribution in [0, 0.1) is 17.2 Å². The van der Waals surface area contributed by atoms with Crippen LogP contribution in [0.1, 0.15) is 30.5 Å². The van der Waals surface area contributed by atoms with Gasteiger partial charge in [-0.1, -0.05) is 51.1 Å². The van der Waals surface area contributed by atoms with Gasteiger partial charge in [0.15, 0.2) is 0 Å². The van der Waals surface area contributed by atoms with Gasteiger partial charge in [-0.15, -0.1) is 10.2 Å². The fraction of sp³-hybridized carbons (Fsp3) is 0.312. The maximum Gasteiger partial charge on any atom is 0.218 e. The molecule has 1 aromatic heterocycles. The molecule has 0 amide bonds. The number of halogens is 1. The molecule has 0 fully saturated rings. The van der Waals surface area contributed by atoms with Crippen molar-refractivity contribution in [3.8, 4) is 11.1 Å². The predicted molar refractivity (Wildman–Crippen MR) is 77.6 cm³/mol. The monoisotopic (exact) mass is 342 g/mol. The molecular weight excluding hydrogens is 324 g/mol. The number of benzene rings is 1. The third-order valence-electron chi connectivity index (χ3n) is 2.76. The molecule has 0 aliphatic carbocycles. The minimum atomic E-state index is -4.94. The van der Waals surface area contributed by atoms with Crippen molar-refractivity contribution in [2.45, 2.75) is 33.1 Å². The molecule has 2 rings (SSSR count). The van der Waals surface area contributed by atoms with Crippen LogP contribution in [0.3, 0.4) is 0 Å². The highest BCUT2D eigenvalue weighted by atomic mass is 35.7. The fourth-order valence-corrected chi connectivity index (χ4v) is 2.83. The summed E-state index contributed by atoms with van der Waals surface area (Å²) >= 11 is 1.89. The first-order valence-corrected chi connectivity index (χ1v) is 8.64. The van der Waals surface area contributed by atoms with E-state index < -0.39 is 10.2 Å². The first kappa shape index (κ1) is 19.0. The van der Waals surface area contributed by atoms with Gasteiger partial charge in [0.25, 0.3) is 0 Å². The molecule has 2 aromatic rings. The molecule has 22 heavy (non-hydrogen) atoms. The molecule has 0 saturated carbocycles. The maximum atomic E-state index is 8.49. The molecule has 120 valence electrons. The lowest BCUT2D eigenvalue weighted by Crippen LogP contribution is -2.68. The second-order valence-electron chi connectivity index (χ2n) is 5.81. The van der Waals surface area contributed by atoms with Gasteiger partial charge in [0.1, 0.15) is 0 Å². The van der Waals surface area contributed by atoms with Crippen molar-refractivity contribution in [3.63, 3.8) is 0 Å². The van der Waals surface area contributed by atoms with Gasteiger partial charge in [-0.2, -0.15) is 0 Å². The third-order valence-corrected chi connectivity index (χ3v) is 4.15. The van der Waals surface area contributed by atoms with E-state index in [1.165, 1.54) is 20.9 Å². The van der Waals surface area contributed by atoms with E-state index in [-0.39, 0.29) is 5.41 Å². The Morgan fingerprint density at radius 2 is 1.36 bits per heavy atom. The second kappa shape index (κ2) is 7.46. The summed E-state index contributed by atoms with van der Waals surface area (Å²) in [5, 5.41) is 0. The summed E-state index contributed by atoms with van der Waals surface area (Å²) in [5.41, 5.74) is 2.85. The van der Waals surface area contributed by atoms with Crippen LogP contribution in [0.2, 0.25) is 0 Å². The van der Waals surface area contributed by atoms with Crippen molar-refractivity contribution in [3.05, 3.63) is 52.2 Å². The standard InChI is InChI=1S/C16H19S.ClHO4/c1-12-10-14(13-8-6-5-7-9-13)11-15(17-12)16(2,3)4;2-1(3,4)5/h5-11H,1-4H3;(H,2,3,4,5)/q+1;/p-1. The summed E-state index contributed by atoms with van der Waals surface area (Å²) in [6, 6.07) is 15.2. The molecule has 0 radical (unpaired) electrons. The molecule has 0 saturated heterocycles. The van der Waals surface area contributed by atoms with Crippen LogP contribution in [0.15, 0.2) is 42.5 Å². The maximum absolute atomic E-state index is 8.49. The average molecular weight is 343 g/mol. The van der Waals surface area contributed by atoms with E-state index in [1.807, 2.05) is 11.3 Å². The lowest BCUT2D eigenvalue weighted by molar-refractivity contribution is -2.00. The number of hydrogen-bond donors (Lipinski definition) is 0. The van der Waals surface area contributed by atoms with E-state index in [2.05, 4.69) is 70.2 Å². The van der Waals surface area contributed by atoms with Crippen molar-refractivity contribution < 1.29 is 28.9 Å². The second-order valence-corrected chi connectivity index (χ2v) is 7.86. The lowest BCUT2D eigenvalue weighted by atomic mass is 9.93. The van der Waals surface area contributed by atoms with E-state index in [4.69, 9.17) is 18.6 Å². The van der Waals surface area contributed by atoms with Gasteiger partial charge in [0, 0.05) is 24.5 Å². The molecule has 0 N–H and O–H groups in total. The van der Waals surface area contributed by atoms with Crippen molar-refractivity contribution in [1.29, 1.82) is 0 Å². The molecule has 0 atom stereocenters. The smallest absolute Gasteiger partial charge is 0.218 e. The van der Waals surface area contributed by atoms with E-state index >= 15 is 0 Å². The van der Waals surface area contributed by atoms with Crippen LogP contribution in [0.4, 0.5) is 0 Å². The average Bonchev–Trinajstić information content (AvgIpc) is 2.36. The summed E-state index contributed by atoms with van der Waals surface area (Å²) in [5.74, 6) is 0. The van der Waals surface area contributed by atoms with Crippen LogP contribution in [0.5, 0.6) is 0 Å². The van der Waals surface area contributed by atoms with Crippen LogP contribution in [-0.2, 0) is 5.41 Å². The highest BCUT2D eigenvalue weighted by Crippen LogP contribution is 2.32. The Morgan fingerprint density at radius 1 is 0.864 bits per heavy atom. The van der Waals surface area contributed by atoms with E-state index in [0.29, 0.717) is 0 Å². The fourth-order valence-electron chi connectivity index (χ4n) is 1.80. The molecule has 6 heteroatoms. The minimum absolute atomic E-state index is 0.222. The van der Waals surface area contributed by atoms with E-state index in [0.717, 1.165) is 0 Å². The summed E-state index contributed by atoms with van der Waals surface area (Å²) in [6.45, 7) is 9.00. The summed E-state index contributed by atoms with van der Waals surface area (Å²) in [6.07, 6.45) is 0. The van der Waals surface area contributed by atoms with Crippen molar-refractivity contribution in [2.24, 2.45) is 0 Å². The van der Waals surface area contributed by atoms with Crippen molar-refractivity contribution in [1.82, 2.24) is 0 Å². The Hall–Kier alpha value is -1.08. The normalized spacial score (nSPS) is 11.6. The van der Waals surface area contributed by atoms with Crippen molar-refractivity contribution in [2.75, 3.05) is 0 Å². The zero-order valence-electron chi connectivity index (χ0n) is 13.0. The zero-order chi connectivity index (χ0) is 17.0. The van der Waals surface area contributed by atoms with Crippen LogP contribution >= 0.6 is 11.3 Å². The molecule has 1 aromatic carbocycles. The van der Waals surface area contributed by atoms with Crippen LogP contribution < -0.4 is 18.6 Å². The molecule has 4 nitrogen and oxygen atoms in total. The molecule has 0 aliphatic rings. The third kappa shape index (κ3) is 7.26. The molecule has 1 heterocycles. The van der Waals surface area contributed by atoms with Gasteiger partial charge in [-0.25, -0.2) is 18.6 Å². The summed E-state index contributed by atoms with van der Waals surface area (Å²) < 4.78 is 34.0. The topological polar surface area (TPSA) is 92.2 Å². The van der Waals surface area contributed by atoms with Gasteiger partial charge < -0.3 is 0 Å². The molecule has 0 unspecified atom stereocenters. The largest absolute Gasteiger partial charge is 0.222 e. The van der Waals surface area contributed by atoms with E-state index in [1.54, 1.807) is 0 Å². The zero-order valence-corrected chi connectivity index (χ0v) is 14.5. The molecule has 0 aliphatic heterocycles. The minimum Gasteiger partial charge on any atom is -0.222 e. The SMILES string of the molecule is Cc1cc(-c2ccccc2)cc(C(C)(C)C)[s+]1.[O-][Cl+3]([O-])([O-])[O-]. The first-order chi connectivity index (χ1) is 9.97. The molecule has 0 bridgehead atoms. The molecule has 0 spiro atoms. The van der Waals surface area contributed by atoms with Gasteiger partial charge in [-0.05, 0) is 11.1 Å². The Labute approximate surface area is 137 Å². The molecular formula is C16H19ClO4S. The first-order valence-electron chi connectivity index (χ1n) is 6.59. The number of rotatable bonds is 1. The Bertz CT molecular complexity index is 598. The highest BCUT2D eigenvalue weighted by molar-refractivity contribution is 7.11. The Balaban J connectivity index is 0.000000422. The lowest BCUT2D eigenvalue weighted by Gasteiger charge is -2.17. The number of aryl methyl sites for hydroxylation is 1.